The smallest absolute Gasteiger partial charge is 0.337 e. The molecule has 5 nitrogen and oxygen atoms in total. The standard InChI is InChI=1S/C17H16BrNO4/c1-22-17(21)12-4-2-6-14(10-12)19-16(20)8-9-23-15-7-3-5-13(18)11-15/h2-7,10-11H,8-9H2,1H3,(H,19,20). The van der Waals surface area contributed by atoms with E-state index in [0.29, 0.717) is 17.0 Å². The van der Waals surface area contributed by atoms with Gasteiger partial charge in [-0.1, -0.05) is 28.1 Å². The number of carbonyl (C=O) groups is 2. The van der Waals surface area contributed by atoms with Crippen molar-refractivity contribution in [3.8, 4) is 5.75 Å². The molecule has 0 aromatic heterocycles. The molecule has 0 heterocycles. The zero-order chi connectivity index (χ0) is 16.7. The lowest BCUT2D eigenvalue weighted by Crippen LogP contribution is -2.15. The number of amides is 1. The van der Waals surface area contributed by atoms with Crippen LogP contribution in [0.4, 0.5) is 5.69 Å². The van der Waals surface area contributed by atoms with E-state index < -0.39 is 5.97 Å². The highest BCUT2D eigenvalue weighted by Crippen LogP contribution is 2.18. The first kappa shape index (κ1) is 17.0. The van der Waals surface area contributed by atoms with Crippen molar-refractivity contribution < 1.29 is 19.1 Å². The summed E-state index contributed by atoms with van der Waals surface area (Å²) in [5.74, 6) is 0.0564. The third-order valence-corrected chi connectivity index (χ3v) is 3.45. The van der Waals surface area contributed by atoms with E-state index in [1.165, 1.54) is 7.11 Å². The Hall–Kier alpha value is -2.34. The van der Waals surface area contributed by atoms with E-state index in [1.807, 2.05) is 24.3 Å². The van der Waals surface area contributed by atoms with Crippen molar-refractivity contribution in [2.45, 2.75) is 6.42 Å². The molecule has 0 radical (unpaired) electrons. The molecule has 0 bridgehead atoms. The van der Waals surface area contributed by atoms with Gasteiger partial charge in [-0.2, -0.15) is 0 Å². The molecule has 0 atom stereocenters. The molecule has 1 amide bonds. The molecule has 2 aromatic carbocycles. The predicted molar refractivity (Wildman–Crippen MR) is 90.7 cm³/mol. The molecule has 1 N–H and O–H groups in total. The second-order valence-electron chi connectivity index (χ2n) is 4.68. The van der Waals surface area contributed by atoms with Crippen LogP contribution in [0.3, 0.4) is 0 Å². The van der Waals surface area contributed by atoms with Gasteiger partial charge in [0.1, 0.15) is 5.75 Å². The Labute approximate surface area is 142 Å². The molecule has 0 aliphatic carbocycles. The molecule has 0 saturated heterocycles. The highest BCUT2D eigenvalue weighted by Gasteiger charge is 2.08. The number of anilines is 1. The van der Waals surface area contributed by atoms with Crippen LogP contribution in [0.5, 0.6) is 5.75 Å². The largest absolute Gasteiger partial charge is 0.493 e. The van der Waals surface area contributed by atoms with Crippen LogP contribution in [-0.2, 0) is 9.53 Å². The Morgan fingerprint density at radius 1 is 1.13 bits per heavy atom. The van der Waals surface area contributed by atoms with Crippen molar-refractivity contribution in [1.29, 1.82) is 0 Å². The van der Waals surface area contributed by atoms with Crippen molar-refractivity contribution in [1.82, 2.24) is 0 Å². The van der Waals surface area contributed by atoms with E-state index in [-0.39, 0.29) is 18.9 Å². The van der Waals surface area contributed by atoms with Crippen molar-refractivity contribution in [3.05, 3.63) is 58.6 Å². The van der Waals surface area contributed by atoms with Crippen molar-refractivity contribution in [2.75, 3.05) is 19.0 Å². The van der Waals surface area contributed by atoms with Crippen LogP contribution in [-0.4, -0.2) is 25.6 Å². The van der Waals surface area contributed by atoms with Crippen molar-refractivity contribution in [3.63, 3.8) is 0 Å². The highest BCUT2D eigenvalue weighted by atomic mass is 79.9. The molecule has 120 valence electrons. The minimum Gasteiger partial charge on any atom is -0.493 e. The van der Waals surface area contributed by atoms with Gasteiger partial charge in [0.25, 0.3) is 0 Å². The quantitative estimate of drug-likeness (QED) is 0.780. The van der Waals surface area contributed by atoms with Crippen LogP contribution in [0.25, 0.3) is 0 Å². The van der Waals surface area contributed by atoms with Gasteiger partial charge in [0.15, 0.2) is 0 Å². The molecule has 23 heavy (non-hydrogen) atoms. The topological polar surface area (TPSA) is 64.6 Å². The van der Waals surface area contributed by atoms with Crippen LogP contribution in [0, 0.1) is 0 Å². The van der Waals surface area contributed by atoms with Gasteiger partial charge in [0, 0.05) is 10.2 Å². The number of halogens is 1. The van der Waals surface area contributed by atoms with E-state index in [4.69, 9.17) is 4.74 Å². The van der Waals surface area contributed by atoms with Gasteiger partial charge in [-0.3, -0.25) is 4.79 Å². The van der Waals surface area contributed by atoms with E-state index in [0.717, 1.165) is 4.47 Å². The first-order chi connectivity index (χ1) is 11.1. The zero-order valence-corrected chi connectivity index (χ0v) is 14.1. The summed E-state index contributed by atoms with van der Waals surface area (Å²) < 4.78 is 11.1. The maximum atomic E-state index is 11.9. The number of hydrogen-bond acceptors (Lipinski definition) is 4. The van der Waals surface area contributed by atoms with Crippen LogP contribution < -0.4 is 10.1 Å². The number of carbonyl (C=O) groups excluding carboxylic acids is 2. The molecule has 0 unspecified atom stereocenters. The number of esters is 1. The van der Waals surface area contributed by atoms with Gasteiger partial charge in [0.05, 0.1) is 25.7 Å². The third-order valence-electron chi connectivity index (χ3n) is 2.96. The second-order valence-corrected chi connectivity index (χ2v) is 5.59. The summed E-state index contributed by atoms with van der Waals surface area (Å²) in [6.45, 7) is 0.263. The fraction of sp³-hybridized carbons (Fsp3) is 0.176. The minimum atomic E-state index is -0.445. The van der Waals surface area contributed by atoms with E-state index in [9.17, 15) is 9.59 Å². The number of hydrogen-bond donors (Lipinski definition) is 1. The van der Waals surface area contributed by atoms with Gasteiger partial charge >= 0.3 is 5.97 Å². The Balaban J connectivity index is 1.84. The summed E-state index contributed by atoms with van der Waals surface area (Å²) in [5, 5.41) is 2.72. The van der Waals surface area contributed by atoms with Gasteiger partial charge < -0.3 is 14.8 Å². The number of nitrogens with one attached hydrogen (secondary N) is 1. The lowest BCUT2D eigenvalue weighted by atomic mass is 10.2. The number of benzene rings is 2. The minimum absolute atomic E-state index is 0.193. The molecule has 0 aliphatic rings. The number of ether oxygens (including phenoxy) is 2. The first-order valence-electron chi connectivity index (χ1n) is 6.95. The molecule has 0 aliphatic heterocycles. The Morgan fingerprint density at radius 2 is 1.91 bits per heavy atom. The first-order valence-corrected chi connectivity index (χ1v) is 7.74. The van der Waals surface area contributed by atoms with Crippen LogP contribution in [0.15, 0.2) is 53.0 Å². The normalized spacial score (nSPS) is 10.0. The van der Waals surface area contributed by atoms with Gasteiger partial charge in [-0.15, -0.1) is 0 Å². The Bertz CT molecular complexity index is 702. The summed E-state index contributed by atoms with van der Waals surface area (Å²) in [7, 11) is 1.31. The van der Waals surface area contributed by atoms with Crippen LogP contribution in [0.1, 0.15) is 16.8 Å². The fourth-order valence-electron chi connectivity index (χ4n) is 1.88. The van der Waals surface area contributed by atoms with E-state index in [2.05, 4.69) is 26.0 Å². The van der Waals surface area contributed by atoms with E-state index >= 15 is 0 Å². The number of methoxy groups -OCH3 is 1. The van der Waals surface area contributed by atoms with E-state index in [1.54, 1.807) is 24.3 Å². The SMILES string of the molecule is COC(=O)c1cccc(NC(=O)CCOc2cccc(Br)c2)c1. The molecular weight excluding hydrogens is 362 g/mol. The van der Waals surface area contributed by atoms with Crippen LogP contribution >= 0.6 is 15.9 Å². The highest BCUT2D eigenvalue weighted by molar-refractivity contribution is 9.10. The zero-order valence-electron chi connectivity index (χ0n) is 12.5. The Morgan fingerprint density at radius 3 is 2.65 bits per heavy atom. The fourth-order valence-corrected chi connectivity index (χ4v) is 2.26. The Kier molecular flexibility index (Phi) is 6.17. The van der Waals surface area contributed by atoms with Gasteiger partial charge in [-0.05, 0) is 36.4 Å². The average Bonchev–Trinajstić information content (AvgIpc) is 2.54. The predicted octanol–water partition coefficient (Wildman–Crippen LogP) is 3.64. The maximum absolute atomic E-state index is 11.9. The molecule has 6 heteroatoms. The summed E-state index contributed by atoms with van der Waals surface area (Å²) in [6, 6.07) is 14.0. The summed E-state index contributed by atoms with van der Waals surface area (Å²) in [4.78, 5) is 23.4. The molecular formula is C17H16BrNO4. The van der Waals surface area contributed by atoms with Crippen LogP contribution in [0.2, 0.25) is 0 Å². The molecule has 0 spiro atoms. The third kappa shape index (κ3) is 5.41. The van der Waals surface area contributed by atoms with Gasteiger partial charge in [-0.25, -0.2) is 4.79 Å². The molecule has 2 rings (SSSR count). The lowest BCUT2D eigenvalue weighted by molar-refractivity contribution is -0.116. The monoisotopic (exact) mass is 377 g/mol. The van der Waals surface area contributed by atoms with Crippen molar-refractivity contribution in [2.24, 2.45) is 0 Å². The maximum Gasteiger partial charge on any atom is 0.337 e. The van der Waals surface area contributed by atoms with Crippen molar-refractivity contribution >= 4 is 33.5 Å². The summed E-state index contributed by atoms with van der Waals surface area (Å²) >= 11 is 3.35. The second kappa shape index (κ2) is 8.33. The molecule has 0 saturated carbocycles. The van der Waals surface area contributed by atoms with Gasteiger partial charge in [0.2, 0.25) is 5.91 Å². The molecule has 2 aromatic rings. The number of rotatable bonds is 6. The molecule has 0 fully saturated rings. The summed E-state index contributed by atoms with van der Waals surface area (Å²) in [5.41, 5.74) is 0.927. The summed E-state index contributed by atoms with van der Waals surface area (Å²) in [6.07, 6.45) is 0.203. The lowest BCUT2D eigenvalue weighted by Gasteiger charge is -2.08. The average molecular weight is 378 g/mol.